The Morgan fingerprint density at radius 3 is 2.12 bits per heavy atom. The average Bonchev–Trinajstić information content (AvgIpc) is 2.34. The summed E-state index contributed by atoms with van der Waals surface area (Å²) in [5.41, 5.74) is 0.909. The fraction of sp³-hybridized carbons (Fsp3) is 0.600. The normalized spacial score (nSPS) is 11.0. The van der Waals surface area contributed by atoms with E-state index >= 15 is 0 Å². The van der Waals surface area contributed by atoms with Crippen molar-refractivity contribution in [1.82, 2.24) is 0 Å². The van der Waals surface area contributed by atoms with Gasteiger partial charge in [-0.1, -0.05) is 51.7 Å². The van der Waals surface area contributed by atoms with Crippen molar-refractivity contribution < 1.29 is 10.2 Å². The van der Waals surface area contributed by atoms with Crippen LogP contribution in [0.4, 0.5) is 0 Å². The van der Waals surface area contributed by atoms with Crippen LogP contribution < -0.4 is 0 Å². The van der Waals surface area contributed by atoms with E-state index in [-0.39, 0.29) is 11.5 Å². The maximum Gasteiger partial charge on any atom is 0.160 e. The maximum absolute atomic E-state index is 9.92. The number of para-hydroxylation sites is 1. The molecule has 0 aliphatic carbocycles. The molecule has 0 radical (unpaired) electrons. The minimum Gasteiger partial charge on any atom is -0.504 e. The van der Waals surface area contributed by atoms with Gasteiger partial charge < -0.3 is 10.2 Å². The van der Waals surface area contributed by atoms with Gasteiger partial charge in [0.05, 0.1) is 0 Å². The first-order chi connectivity index (χ1) is 8.20. The molecule has 0 aromatic heterocycles. The lowest BCUT2D eigenvalue weighted by Crippen LogP contribution is -2.00. The number of benzene rings is 1. The van der Waals surface area contributed by atoms with Crippen LogP contribution in [0.2, 0.25) is 0 Å². The molecule has 0 saturated carbocycles. The molecule has 0 aliphatic rings. The highest BCUT2D eigenvalue weighted by atomic mass is 16.3. The zero-order valence-corrected chi connectivity index (χ0v) is 10.9. The third kappa shape index (κ3) is 3.95. The lowest BCUT2D eigenvalue weighted by Gasteiger charge is -2.18. The van der Waals surface area contributed by atoms with Crippen molar-refractivity contribution in [2.75, 3.05) is 0 Å². The van der Waals surface area contributed by atoms with Crippen LogP contribution in [0.25, 0.3) is 0 Å². The Bertz CT molecular complexity index is 326. The van der Waals surface area contributed by atoms with Crippen LogP contribution >= 0.6 is 0 Å². The summed E-state index contributed by atoms with van der Waals surface area (Å²) >= 11 is 0. The first kappa shape index (κ1) is 13.9. The third-order valence-corrected chi connectivity index (χ3v) is 3.30. The summed E-state index contributed by atoms with van der Waals surface area (Å²) < 4.78 is 0. The highest BCUT2D eigenvalue weighted by Crippen LogP contribution is 2.38. The van der Waals surface area contributed by atoms with Crippen LogP contribution in [0.1, 0.15) is 63.9 Å². The van der Waals surface area contributed by atoms with Crippen molar-refractivity contribution in [3.63, 3.8) is 0 Å². The molecule has 1 rings (SSSR count). The third-order valence-electron chi connectivity index (χ3n) is 3.30. The van der Waals surface area contributed by atoms with Gasteiger partial charge in [0.15, 0.2) is 11.5 Å². The lowest BCUT2D eigenvalue weighted by molar-refractivity contribution is 0.390. The van der Waals surface area contributed by atoms with Crippen LogP contribution in [-0.2, 0) is 0 Å². The molecule has 96 valence electrons. The Morgan fingerprint density at radius 2 is 1.59 bits per heavy atom. The topological polar surface area (TPSA) is 40.5 Å². The monoisotopic (exact) mass is 236 g/mol. The van der Waals surface area contributed by atoms with Gasteiger partial charge >= 0.3 is 0 Å². The number of unbranched alkanes of at least 4 members (excludes halogenated alkanes) is 2. The summed E-state index contributed by atoms with van der Waals surface area (Å²) in [6.45, 7) is 4.36. The van der Waals surface area contributed by atoms with E-state index in [0.717, 1.165) is 18.4 Å². The largest absolute Gasteiger partial charge is 0.504 e. The van der Waals surface area contributed by atoms with Crippen LogP contribution in [0.15, 0.2) is 18.2 Å². The number of rotatable bonds is 7. The van der Waals surface area contributed by atoms with E-state index in [1.54, 1.807) is 0 Å². The van der Waals surface area contributed by atoms with E-state index in [1.807, 2.05) is 12.1 Å². The van der Waals surface area contributed by atoms with E-state index in [2.05, 4.69) is 13.8 Å². The summed E-state index contributed by atoms with van der Waals surface area (Å²) in [5.74, 6) is 0.451. The standard InChI is InChI=1S/C15H24O2/c1-3-5-8-12(9-6-4-2)13-10-7-11-14(16)15(13)17/h7,10-12,16-17H,3-6,8-9H2,1-2H3. The molecule has 0 saturated heterocycles. The molecular weight excluding hydrogens is 212 g/mol. The molecule has 17 heavy (non-hydrogen) atoms. The second kappa shape index (κ2) is 7.21. The number of aromatic hydroxyl groups is 2. The van der Waals surface area contributed by atoms with Crippen LogP contribution in [0.3, 0.4) is 0 Å². The quantitative estimate of drug-likeness (QED) is 0.681. The predicted molar refractivity (Wildman–Crippen MR) is 71.6 cm³/mol. The second-order valence-corrected chi connectivity index (χ2v) is 4.70. The van der Waals surface area contributed by atoms with Crippen molar-refractivity contribution in [1.29, 1.82) is 0 Å². The molecule has 0 fully saturated rings. The Hall–Kier alpha value is -1.18. The van der Waals surface area contributed by atoms with Crippen molar-refractivity contribution in [3.8, 4) is 11.5 Å². The van der Waals surface area contributed by atoms with Gasteiger partial charge in [-0.25, -0.2) is 0 Å². The van der Waals surface area contributed by atoms with Gasteiger partial charge in [0, 0.05) is 5.56 Å². The smallest absolute Gasteiger partial charge is 0.160 e. The number of hydrogen-bond donors (Lipinski definition) is 2. The molecular formula is C15H24O2. The minimum absolute atomic E-state index is 0.000460. The zero-order valence-electron chi connectivity index (χ0n) is 10.9. The summed E-state index contributed by atoms with van der Waals surface area (Å²) in [7, 11) is 0. The van der Waals surface area contributed by atoms with E-state index in [9.17, 15) is 10.2 Å². The van der Waals surface area contributed by atoms with Gasteiger partial charge in [0.2, 0.25) is 0 Å². The predicted octanol–water partition coefficient (Wildman–Crippen LogP) is 4.56. The molecule has 2 heteroatoms. The Kier molecular flexibility index (Phi) is 5.88. The van der Waals surface area contributed by atoms with Gasteiger partial charge in [0.25, 0.3) is 0 Å². The van der Waals surface area contributed by atoms with Crippen molar-refractivity contribution in [2.24, 2.45) is 0 Å². The summed E-state index contributed by atoms with van der Waals surface area (Å²) in [5, 5.41) is 19.5. The van der Waals surface area contributed by atoms with Gasteiger partial charge in [-0.3, -0.25) is 0 Å². The Balaban J connectivity index is 2.83. The first-order valence-electron chi connectivity index (χ1n) is 6.71. The highest BCUT2D eigenvalue weighted by molar-refractivity contribution is 5.46. The molecule has 2 N–H and O–H groups in total. The highest BCUT2D eigenvalue weighted by Gasteiger charge is 2.16. The second-order valence-electron chi connectivity index (χ2n) is 4.70. The molecule has 0 atom stereocenters. The lowest BCUT2D eigenvalue weighted by atomic mass is 9.88. The van der Waals surface area contributed by atoms with Crippen molar-refractivity contribution in [2.45, 2.75) is 58.3 Å². The molecule has 1 aromatic rings. The van der Waals surface area contributed by atoms with Crippen LogP contribution in [-0.4, -0.2) is 10.2 Å². The first-order valence-corrected chi connectivity index (χ1v) is 6.71. The summed E-state index contributed by atoms with van der Waals surface area (Å²) in [6, 6.07) is 5.29. The molecule has 0 unspecified atom stereocenters. The zero-order chi connectivity index (χ0) is 12.7. The number of phenolic OH excluding ortho intramolecular Hbond substituents is 2. The molecule has 1 aromatic carbocycles. The SMILES string of the molecule is CCCCC(CCCC)c1cccc(O)c1O. The van der Waals surface area contributed by atoms with E-state index < -0.39 is 0 Å². The molecule has 0 aliphatic heterocycles. The van der Waals surface area contributed by atoms with Gasteiger partial charge in [-0.15, -0.1) is 0 Å². The maximum atomic E-state index is 9.92. The minimum atomic E-state index is 0.000460. The van der Waals surface area contributed by atoms with Gasteiger partial charge in [-0.05, 0) is 24.8 Å². The van der Waals surface area contributed by atoms with Gasteiger partial charge in [0.1, 0.15) is 0 Å². The van der Waals surface area contributed by atoms with E-state index in [1.165, 1.54) is 31.7 Å². The Labute approximate surface area is 104 Å². The Morgan fingerprint density at radius 1 is 1.00 bits per heavy atom. The van der Waals surface area contributed by atoms with E-state index in [4.69, 9.17) is 0 Å². The van der Waals surface area contributed by atoms with Crippen molar-refractivity contribution >= 4 is 0 Å². The summed E-state index contributed by atoms with van der Waals surface area (Å²) in [4.78, 5) is 0. The molecule has 0 amide bonds. The fourth-order valence-corrected chi connectivity index (χ4v) is 2.23. The van der Waals surface area contributed by atoms with Crippen LogP contribution in [0, 0.1) is 0 Å². The number of phenols is 2. The van der Waals surface area contributed by atoms with E-state index in [0.29, 0.717) is 5.92 Å². The average molecular weight is 236 g/mol. The molecule has 0 bridgehead atoms. The van der Waals surface area contributed by atoms with Crippen LogP contribution in [0.5, 0.6) is 11.5 Å². The summed E-state index contributed by atoms with van der Waals surface area (Å²) in [6.07, 6.45) is 6.86. The van der Waals surface area contributed by atoms with Gasteiger partial charge in [-0.2, -0.15) is 0 Å². The van der Waals surface area contributed by atoms with Crippen molar-refractivity contribution in [3.05, 3.63) is 23.8 Å². The molecule has 2 nitrogen and oxygen atoms in total. The molecule has 0 heterocycles. The number of hydrogen-bond acceptors (Lipinski definition) is 2. The molecule has 0 spiro atoms. The fourth-order valence-electron chi connectivity index (χ4n) is 2.23.